The van der Waals surface area contributed by atoms with E-state index < -0.39 is 0 Å². The van der Waals surface area contributed by atoms with Gasteiger partial charge in [-0.1, -0.05) is 56.7 Å². The predicted octanol–water partition coefficient (Wildman–Crippen LogP) is 7.23. The van der Waals surface area contributed by atoms with E-state index in [2.05, 4.69) is 37.5 Å². The van der Waals surface area contributed by atoms with E-state index >= 15 is 0 Å². The van der Waals surface area contributed by atoms with Crippen molar-refractivity contribution in [1.29, 1.82) is 0 Å². The van der Waals surface area contributed by atoms with Gasteiger partial charge in [0, 0.05) is 30.3 Å². The Kier molecular flexibility index (Phi) is 9.46. The molecule has 0 saturated carbocycles. The Hall–Kier alpha value is -4.79. The third kappa shape index (κ3) is 7.48. The summed E-state index contributed by atoms with van der Waals surface area (Å²) in [6.45, 7) is 9.70. The summed E-state index contributed by atoms with van der Waals surface area (Å²) in [7, 11) is 3.12. The summed E-state index contributed by atoms with van der Waals surface area (Å²) in [6, 6.07) is 23.0. The summed E-state index contributed by atoms with van der Waals surface area (Å²) in [5.41, 5.74) is 5.13. The van der Waals surface area contributed by atoms with Gasteiger partial charge >= 0.3 is 6.03 Å². The Morgan fingerprint density at radius 1 is 0.911 bits per heavy atom. The average molecular weight is 610 g/mol. The number of hydrogen-bond acceptors (Lipinski definition) is 5. The van der Waals surface area contributed by atoms with Crippen LogP contribution in [0, 0.1) is 12.8 Å². The van der Waals surface area contributed by atoms with Crippen LogP contribution in [0.2, 0.25) is 0 Å². The number of nitrogens with zero attached hydrogens (tertiary/aromatic N) is 3. The van der Waals surface area contributed by atoms with Gasteiger partial charge in [0.2, 0.25) is 0 Å². The highest BCUT2D eigenvalue weighted by molar-refractivity contribution is 5.99. The van der Waals surface area contributed by atoms with Crippen molar-refractivity contribution in [3.8, 4) is 17.2 Å². The molecule has 0 unspecified atom stereocenters. The lowest BCUT2D eigenvalue weighted by Crippen LogP contribution is -2.39. The van der Waals surface area contributed by atoms with Crippen LogP contribution in [0.5, 0.6) is 11.5 Å². The number of methoxy groups -OCH3 is 2. The van der Waals surface area contributed by atoms with Crippen LogP contribution in [-0.4, -0.2) is 53.9 Å². The summed E-state index contributed by atoms with van der Waals surface area (Å²) >= 11 is 0. The Labute approximate surface area is 265 Å². The van der Waals surface area contributed by atoms with Gasteiger partial charge in [-0.25, -0.2) is 9.48 Å². The van der Waals surface area contributed by atoms with Crippen LogP contribution in [0.1, 0.15) is 60.8 Å². The second-order valence-electron chi connectivity index (χ2n) is 12.7. The lowest BCUT2D eigenvalue weighted by molar-refractivity contribution is 0.0686. The number of likely N-dealkylation sites (tertiary alicyclic amines) is 1. The maximum absolute atomic E-state index is 13.3. The Balaban J connectivity index is 1.20. The number of hydrogen-bond donors (Lipinski definition) is 2. The smallest absolute Gasteiger partial charge is 0.324 e. The van der Waals surface area contributed by atoms with Crippen molar-refractivity contribution in [2.24, 2.45) is 5.92 Å². The molecule has 1 saturated heterocycles. The molecule has 3 aromatic carbocycles. The normalized spacial score (nSPS) is 13.8. The molecule has 2 heterocycles. The quantitative estimate of drug-likeness (QED) is 0.220. The summed E-state index contributed by atoms with van der Waals surface area (Å²) in [5.74, 6) is 2.01. The Bertz CT molecular complexity index is 1650. The van der Waals surface area contributed by atoms with E-state index in [4.69, 9.17) is 14.6 Å². The summed E-state index contributed by atoms with van der Waals surface area (Å²) < 4.78 is 12.6. The molecule has 9 heteroatoms. The number of nitrogens with one attached hydrogen (secondary N) is 2. The lowest BCUT2D eigenvalue weighted by atomic mass is 9.89. The van der Waals surface area contributed by atoms with Crippen molar-refractivity contribution in [2.75, 3.05) is 37.9 Å². The minimum atomic E-state index is -0.333. The highest BCUT2D eigenvalue weighted by Crippen LogP contribution is 2.33. The van der Waals surface area contributed by atoms with Crippen LogP contribution in [0.15, 0.2) is 72.8 Å². The topological polar surface area (TPSA) is 97.7 Å². The number of carbonyl (C=O) groups is 2. The third-order valence-electron chi connectivity index (χ3n) is 8.24. The number of rotatable bonds is 8. The zero-order chi connectivity index (χ0) is 32.1. The molecule has 45 heavy (non-hydrogen) atoms. The van der Waals surface area contributed by atoms with Gasteiger partial charge in [-0.15, -0.1) is 0 Å². The fourth-order valence-corrected chi connectivity index (χ4v) is 5.67. The number of piperidine rings is 1. The standard InChI is InChI=1S/C36H43N5O4/c1-24-13-15-28(16-14-24)41-32(23-31(39-41)36(2,3)4)38-35(43)37-27-10-7-9-26(22-27)21-25-17-19-40(20-18-25)34(42)29-11-8-12-30(44-5)33(29)45-6/h7-16,22-23,25H,17-21H2,1-6H3,(H2,37,38,43). The molecule has 9 nitrogen and oxygen atoms in total. The first kappa shape index (κ1) is 31.6. The van der Waals surface area contributed by atoms with Crippen LogP contribution in [-0.2, 0) is 11.8 Å². The van der Waals surface area contributed by atoms with E-state index in [-0.39, 0.29) is 17.4 Å². The van der Waals surface area contributed by atoms with Gasteiger partial charge in [-0.05, 0) is 74.1 Å². The highest BCUT2D eigenvalue weighted by atomic mass is 16.5. The van der Waals surface area contributed by atoms with Gasteiger partial charge in [-0.3, -0.25) is 10.1 Å². The number of aryl methyl sites for hydroxylation is 1. The number of ether oxygens (including phenoxy) is 2. The van der Waals surface area contributed by atoms with Crippen LogP contribution in [0.3, 0.4) is 0 Å². The predicted molar refractivity (Wildman–Crippen MR) is 178 cm³/mol. The molecular weight excluding hydrogens is 566 g/mol. The SMILES string of the molecule is COc1cccc(C(=O)N2CCC(Cc3cccc(NC(=O)Nc4cc(C(C)(C)C)nn4-c4ccc(C)cc4)c3)CC2)c1OC. The van der Waals surface area contributed by atoms with Crippen molar-refractivity contribution in [1.82, 2.24) is 14.7 Å². The zero-order valence-corrected chi connectivity index (χ0v) is 27.0. The fraction of sp³-hybridized carbons (Fsp3) is 0.361. The molecule has 0 atom stereocenters. The highest BCUT2D eigenvalue weighted by Gasteiger charge is 2.27. The molecule has 0 spiro atoms. The molecule has 0 radical (unpaired) electrons. The van der Waals surface area contributed by atoms with E-state index in [0.717, 1.165) is 47.5 Å². The summed E-state index contributed by atoms with van der Waals surface area (Å²) in [5, 5.41) is 10.8. The monoisotopic (exact) mass is 609 g/mol. The minimum Gasteiger partial charge on any atom is -0.493 e. The number of carbonyl (C=O) groups excluding carboxylic acids is 2. The second-order valence-corrected chi connectivity index (χ2v) is 12.7. The number of para-hydroxylation sites is 1. The third-order valence-corrected chi connectivity index (χ3v) is 8.24. The van der Waals surface area contributed by atoms with Crippen molar-refractivity contribution in [2.45, 2.75) is 52.4 Å². The maximum Gasteiger partial charge on any atom is 0.324 e. The van der Waals surface area contributed by atoms with Crippen LogP contribution >= 0.6 is 0 Å². The largest absolute Gasteiger partial charge is 0.493 e. The molecule has 5 rings (SSSR count). The molecule has 1 aliphatic rings. The van der Waals surface area contributed by atoms with Gasteiger partial charge in [-0.2, -0.15) is 5.10 Å². The van der Waals surface area contributed by atoms with Gasteiger partial charge < -0.3 is 19.7 Å². The molecular formula is C36H43N5O4. The number of urea groups is 1. The first-order chi connectivity index (χ1) is 21.5. The summed E-state index contributed by atoms with van der Waals surface area (Å²) in [4.78, 5) is 28.4. The zero-order valence-electron chi connectivity index (χ0n) is 27.0. The second kappa shape index (κ2) is 13.5. The first-order valence-electron chi connectivity index (χ1n) is 15.4. The number of amides is 3. The molecule has 0 aliphatic carbocycles. The molecule has 0 bridgehead atoms. The first-order valence-corrected chi connectivity index (χ1v) is 15.4. The number of aromatic nitrogens is 2. The van der Waals surface area contributed by atoms with Gasteiger partial charge in [0.25, 0.3) is 5.91 Å². The average Bonchev–Trinajstić information content (AvgIpc) is 3.45. The van der Waals surface area contributed by atoms with Gasteiger partial charge in [0.05, 0.1) is 31.2 Å². The van der Waals surface area contributed by atoms with Crippen LogP contribution in [0.25, 0.3) is 5.69 Å². The van der Waals surface area contributed by atoms with Crippen molar-refractivity contribution >= 4 is 23.4 Å². The molecule has 3 amide bonds. The van der Waals surface area contributed by atoms with E-state index in [1.807, 2.05) is 66.4 Å². The fourth-order valence-electron chi connectivity index (χ4n) is 5.67. The van der Waals surface area contributed by atoms with Gasteiger partial charge in [0.15, 0.2) is 11.5 Å². The van der Waals surface area contributed by atoms with Crippen molar-refractivity contribution < 1.29 is 19.1 Å². The molecule has 4 aromatic rings. The number of anilines is 2. The molecule has 1 aromatic heterocycles. The molecule has 1 fully saturated rings. The van der Waals surface area contributed by atoms with Gasteiger partial charge in [0.1, 0.15) is 5.82 Å². The lowest BCUT2D eigenvalue weighted by Gasteiger charge is -2.32. The van der Waals surface area contributed by atoms with E-state index in [9.17, 15) is 9.59 Å². The minimum absolute atomic E-state index is 0.0419. The van der Waals surface area contributed by atoms with E-state index in [0.29, 0.717) is 41.9 Å². The number of benzene rings is 3. The molecule has 1 aliphatic heterocycles. The van der Waals surface area contributed by atoms with Crippen LogP contribution in [0.4, 0.5) is 16.3 Å². The molecule has 2 N–H and O–H groups in total. The van der Waals surface area contributed by atoms with E-state index in [1.54, 1.807) is 31.0 Å². The summed E-state index contributed by atoms with van der Waals surface area (Å²) in [6.07, 6.45) is 2.67. The van der Waals surface area contributed by atoms with Crippen molar-refractivity contribution in [3.05, 3.63) is 95.2 Å². The van der Waals surface area contributed by atoms with Crippen molar-refractivity contribution in [3.63, 3.8) is 0 Å². The Morgan fingerprint density at radius 3 is 2.29 bits per heavy atom. The van der Waals surface area contributed by atoms with E-state index in [1.165, 1.54) is 0 Å². The molecule has 236 valence electrons. The van der Waals surface area contributed by atoms with Crippen LogP contribution < -0.4 is 20.1 Å². The maximum atomic E-state index is 13.3. The Morgan fingerprint density at radius 2 is 1.62 bits per heavy atom.